The number of halogens is 3. The Labute approximate surface area is 255 Å². The normalized spacial score (nSPS) is 20.3. The largest absolute Gasteiger partial charge is 0.420 e. The predicted molar refractivity (Wildman–Crippen MR) is 154 cm³/mol. The Kier molecular flexibility index (Phi) is 7.15. The van der Waals surface area contributed by atoms with E-state index in [9.17, 15) is 26.4 Å². The minimum absolute atomic E-state index is 0.0121. The molecule has 230 valence electrons. The van der Waals surface area contributed by atoms with Gasteiger partial charge in [-0.2, -0.15) is 18.4 Å². The van der Waals surface area contributed by atoms with Gasteiger partial charge < -0.3 is 15.0 Å². The van der Waals surface area contributed by atoms with Crippen LogP contribution in [0.15, 0.2) is 29.3 Å². The lowest BCUT2D eigenvalue weighted by atomic mass is 9.94. The van der Waals surface area contributed by atoms with Crippen molar-refractivity contribution < 1.29 is 31.1 Å². The van der Waals surface area contributed by atoms with Crippen LogP contribution in [0.2, 0.25) is 0 Å². The molecule has 15 heteroatoms. The Hall–Kier alpha value is -3.58. The van der Waals surface area contributed by atoms with Crippen LogP contribution in [0, 0.1) is 11.3 Å². The van der Waals surface area contributed by atoms with Crippen molar-refractivity contribution in [1.82, 2.24) is 19.8 Å². The van der Waals surface area contributed by atoms with Gasteiger partial charge in [-0.3, -0.25) is 9.69 Å². The van der Waals surface area contributed by atoms with Crippen molar-refractivity contribution in [2.75, 3.05) is 43.9 Å². The SMILES string of the molecule is N#CCN1CCc2cc(Nc3ncc(C(F)(F)F)c(-c4cc5c(s4)C(=O)N(C4COC4)CCS5(=O)=O)n3)c(C3CC3)cc2C1. The second-order valence-electron chi connectivity index (χ2n) is 11.5. The number of ether oxygens (including phenoxy) is 1. The molecular weight excluding hydrogens is 617 g/mol. The lowest BCUT2D eigenvalue weighted by Gasteiger charge is -2.36. The van der Waals surface area contributed by atoms with E-state index in [0.717, 1.165) is 48.6 Å². The summed E-state index contributed by atoms with van der Waals surface area (Å²) in [7, 11) is -3.94. The number of nitrogens with one attached hydrogen (secondary N) is 1. The summed E-state index contributed by atoms with van der Waals surface area (Å²) in [6.45, 7) is 2.26. The third-order valence-corrected chi connectivity index (χ3v) is 11.5. The summed E-state index contributed by atoms with van der Waals surface area (Å²) < 4.78 is 74.1. The first-order valence-electron chi connectivity index (χ1n) is 14.2. The lowest BCUT2D eigenvalue weighted by Crippen LogP contribution is -2.52. The van der Waals surface area contributed by atoms with Gasteiger partial charge in [0.2, 0.25) is 5.95 Å². The molecule has 2 aromatic heterocycles. The van der Waals surface area contributed by atoms with Crippen molar-refractivity contribution >= 4 is 38.7 Å². The molecule has 0 atom stereocenters. The van der Waals surface area contributed by atoms with E-state index >= 15 is 0 Å². The number of hydrogen-bond donors (Lipinski definition) is 1. The monoisotopic (exact) mass is 644 g/mol. The third-order valence-electron chi connectivity index (χ3n) is 8.50. The molecule has 1 aromatic carbocycles. The number of alkyl halides is 3. The van der Waals surface area contributed by atoms with Gasteiger partial charge in [0.05, 0.1) is 53.1 Å². The second-order valence-corrected chi connectivity index (χ2v) is 14.6. The molecule has 1 aliphatic carbocycles. The summed E-state index contributed by atoms with van der Waals surface area (Å²) in [5, 5.41) is 12.3. The predicted octanol–water partition coefficient (Wildman–Crippen LogP) is 4.35. The average molecular weight is 645 g/mol. The first-order valence-corrected chi connectivity index (χ1v) is 16.7. The van der Waals surface area contributed by atoms with E-state index in [2.05, 4.69) is 32.3 Å². The highest BCUT2D eigenvalue weighted by Gasteiger charge is 2.41. The lowest BCUT2D eigenvalue weighted by molar-refractivity contribution is -0.137. The minimum atomic E-state index is -4.83. The van der Waals surface area contributed by atoms with Gasteiger partial charge in [0.1, 0.15) is 10.4 Å². The van der Waals surface area contributed by atoms with Crippen molar-refractivity contribution in [3.05, 3.63) is 51.5 Å². The highest BCUT2D eigenvalue weighted by atomic mass is 32.2. The third kappa shape index (κ3) is 5.33. The number of sulfone groups is 1. The number of carbonyl (C=O) groups excluding carboxylic acids is 1. The molecule has 3 aliphatic heterocycles. The standard InChI is InChI=1S/C29H27F3N6O4S2/c30-29(31,32)21-12-34-28(35-22-10-17-3-5-37(6-4-33)13-18(17)9-20(22)16-1-2-16)36-25(21)23-11-24-26(43-23)27(39)38(19-14-42-15-19)7-8-44(24,40)41/h9-12,16,19H,1-3,5-8,13-15H2,(H,34,35,36). The van der Waals surface area contributed by atoms with E-state index in [-0.39, 0.29) is 52.2 Å². The number of fused-ring (bicyclic) bond motifs is 2. The van der Waals surface area contributed by atoms with Crippen LogP contribution in [-0.2, 0) is 33.7 Å². The Balaban J connectivity index is 1.27. The molecule has 5 heterocycles. The highest BCUT2D eigenvalue weighted by Crippen LogP contribution is 2.46. The second kappa shape index (κ2) is 10.8. The number of nitrogens with zero attached hydrogens (tertiary/aromatic N) is 5. The summed E-state index contributed by atoms with van der Waals surface area (Å²) in [4.78, 5) is 24.7. The van der Waals surface area contributed by atoms with Crippen LogP contribution >= 0.6 is 11.3 Å². The Morgan fingerprint density at radius 3 is 2.64 bits per heavy atom. The number of rotatable bonds is 6. The molecule has 7 rings (SSSR count). The maximum absolute atomic E-state index is 14.2. The zero-order chi connectivity index (χ0) is 30.8. The molecule has 1 saturated heterocycles. The van der Waals surface area contributed by atoms with Gasteiger partial charge in [0.25, 0.3) is 5.91 Å². The quantitative estimate of drug-likeness (QED) is 0.390. The summed E-state index contributed by atoms with van der Waals surface area (Å²) in [5.74, 6) is -0.639. The van der Waals surface area contributed by atoms with Crippen molar-refractivity contribution in [3.63, 3.8) is 0 Å². The van der Waals surface area contributed by atoms with Crippen LogP contribution in [-0.4, -0.2) is 78.7 Å². The van der Waals surface area contributed by atoms with Gasteiger partial charge in [0.15, 0.2) is 9.84 Å². The summed E-state index contributed by atoms with van der Waals surface area (Å²) in [5.41, 5.74) is 2.33. The van der Waals surface area contributed by atoms with Crippen LogP contribution in [0.25, 0.3) is 10.6 Å². The van der Waals surface area contributed by atoms with Gasteiger partial charge in [-0.05, 0) is 54.0 Å². The van der Waals surface area contributed by atoms with E-state index in [0.29, 0.717) is 42.2 Å². The van der Waals surface area contributed by atoms with Gasteiger partial charge in [-0.15, -0.1) is 11.3 Å². The maximum atomic E-state index is 14.2. The number of aromatic nitrogens is 2. The van der Waals surface area contributed by atoms with Crippen molar-refractivity contribution in [3.8, 4) is 16.6 Å². The Bertz CT molecular complexity index is 1810. The molecule has 3 aromatic rings. The van der Waals surface area contributed by atoms with Crippen molar-refractivity contribution in [2.24, 2.45) is 0 Å². The fourth-order valence-electron chi connectivity index (χ4n) is 5.90. The molecule has 1 N–H and O–H groups in total. The molecular formula is C29H27F3N6O4S2. The van der Waals surface area contributed by atoms with Gasteiger partial charge in [0, 0.05) is 31.5 Å². The van der Waals surface area contributed by atoms with Crippen molar-refractivity contribution in [2.45, 2.75) is 48.8 Å². The fourth-order valence-corrected chi connectivity index (χ4v) is 8.82. The maximum Gasteiger partial charge on any atom is 0.420 e. The summed E-state index contributed by atoms with van der Waals surface area (Å²) in [6, 6.07) is 7.15. The van der Waals surface area contributed by atoms with Gasteiger partial charge in [-0.1, -0.05) is 6.07 Å². The summed E-state index contributed by atoms with van der Waals surface area (Å²) >= 11 is 0.697. The molecule has 0 unspecified atom stereocenters. The number of anilines is 2. The number of amides is 1. The zero-order valence-corrected chi connectivity index (χ0v) is 25.0. The number of carbonyl (C=O) groups is 1. The van der Waals surface area contributed by atoms with Gasteiger partial charge >= 0.3 is 6.18 Å². The van der Waals surface area contributed by atoms with E-state index in [1.54, 1.807) is 0 Å². The molecule has 0 spiro atoms. The molecule has 44 heavy (non-hydrogen) atoms. The minimum Gasteiger partial charge on any atom is -0.377 e. The van der Waals surface area contributed by atoms with Crippen LogP contribution in [0.5, 0.6) is 0 Å². The number of nitriles is 1. The van der Waals surface area contributed by atoms with Crippen LogP contribution in [0.4, 0.5) is 24.8 Å². The van der Waals surface area contributed by atoms with E-state index in [4.69, 9.17) is 10.00 Å². The average Bonchev–Trinajstić information content (AvgIpc) is 3.70. The highest BCUT2D eigenvalue weighted by molar-refractivity contribution is 7.91. The summed E-state index contributed by atoms with van der Waals surface area (Å²) in [6.07, 6.45) is -1.43. The number of hydrogen-bond acceptors (Lipinski definition) is 10. The molecule has 1 amide bonds. The Morgan fingerprint density at radius 1 is 1.16 bits per heavy atom. The topological polar surface area (TPSA) is 129 Å². The first-order chi connectivity index (χ1) is 21.0. The van der Waals surface area contributed by atoms with Gasteiger partial charge in [-0.25, -0.2) is 18.4 Å². The first kappa shape index (κ1) is 29.1. The molecule has 2 fully saturated rings. The smallest absolute Gasteiger partial charge is 0.377 e. The molecule has 4 aliphatic rings. The zero-order valence-electron chi connectivity index (χ0n) is 23.4. The number of benzene rings is 1. The van der Waals surface area contributed by atoms with Crippen molar-refractivity contribution in [1.29, 1.82) is 5.26 Å². The number of thiophene rings is 1. The van der Waals surface area contributed by atoms with Crippen LogP contribution in [0.3, 0.4) is 0 Å². The van der Waals surface area contributed by atoms with Crippen LogP contribution in [0.1, 0.15) is 50.7 Å². The van der Waals surface area contributed by atoms with Crippen LogP contribution < -0.4 is 5.32 Å². The molecule has 10 nitrogen and oxygen atoms in total. The Morgan fingerprint density at radius 2 is 1.95 bits per heavy atom. The van der Waals surface area contributed by atoms with E-state index in [1.165, 1.54) is 4.90 Å². The van der Waals surface area contributed by atoms with E-state index in [1.807, 2.05) is 6.07 Å². The molecule has 0 bridgehead atoms. The molecule has 0 radical (unpaired) electrons. The van der Waals surface area contributed by atoms with E-state index < -0.39 is 33.2 Å². The molecule has 1 saturated carbocycles. The fraction of sp³-hybridized carbons (Fsp3) is 0.448.